The molecule has 0 aromatic heterocycles. The number of carbonyl (C=O) groups excluding carboxylic acids is 2. The average molecular weight is 366 g/mol. The van der Waals surface area contributed by atoms with E-state index in [1.54, 1.807) is 0 Å². The first-order chi connectivity index (χ1) is 13.2. The number of alkyl carbamates (subject to hydrolysis) is 1. The summed E-state index contributed by atoms with van der Waals surface area (Å²) in [6.45, 7) is 0.176. The second-order valence-electron chi connectivity index (χ2n) is 6.94. The minimum absolute atomic E-state index is 0.151. The maximum Gasteiger partial charge on any atom is 0.408 e. The van der Waals surface area contributed by atoms with Crippen molar-refractivity contribution in [1.82, 2.24) is 10.6 Å². The average Bonchev–Trinajstić information content (AvgIpc) is 3.20. The highest BCUT2D eigenvalue weighted by atomic mass is 16.5. The molecule has 1 aliphatic rings. The summed E-state index contributed by atoms with van der Waals surface area (Å²) in [6, 6.07) is 18.7. The van der Waals surface area contributed by atoms with Gasteiger partial charge in [-0.1, -0.05) is 73.5 Å². The second kappa shape index (κ2) is 9.76. The van der Waals surface area contributed by atoms with Gasteiger partial charge in [0.25, 0.3) is 0 Å². The van der Waals surface area contributed by atoms with Gasteiger partial charge in [0.2, 0.25) is 5.91 Å². The molecule has 3 rings (SSSR count). The number of hydrogen-bond donors (Lipinski definition) is 2. The van der Waals surface area contributed by atoms with Gasteiger partial charge in [0, 0.05) is 12.5 Å². The number of rotatable bonds is 7. The van der Waals surface area contributed by atoms with Gasteiger partial charge in [-0.15, -0.1) is 0 Å². The molecule has 2 aromatic rings. The number of benzene rings is 2. The van der Waals surface area contributed by atoms with Crippen LogP contribution in [0.3, 0.4) is 0 Å². The molecular formula is C22H26N2O3. The highest BCUT2D eigenvalue weighted by Gasteiger charge is 2.25. The molecule has 0 aliphatic heterocycles. The van der Waals surface area contributed by atoms with Crippen LogP contribution in [-0.2, 0) is 22.6 Å². The Morgan fingerprint density at radius 3 is 2.15 bits per heavy atom. The summed E-state index contributed by atoms with van der Waals surface area (Å²) in [5.74, 6) is -0.151. The van der Waals surface area contributed by atoms with Gasteiger partial charge in [-0.2, -0.15) is 0 Å². The smallest absolute Gasteiger partial charge is 0.408 e. The lowest BCUT2D eigenvalue weighted by molar-refractivity contribution is -0.123. The van der Waals surface area contributed by atoms with Crippen LogP contribution >= 0.6 is 0 Å². The van der Waals surface area contributed by atoms with Gasteiger partial charge in [-0.05, 0) is 24.0 Å². The molecule has 0 spiro atoms. The molecule has 2 N–H and O–H groups in total. The molecule has 5 heteroatoms. The topological polar surface area (TPSA) is 67.4 Å². The molecule has 2 aromatic carbocycles. The predicted molar refractivity (Wildman–Crippen MR) is 104 cm³/mol. The van der Waals surface area contributed by atoms with Gasteiger partial charge >= 0.3 is 6.09 Å². The highest BCUT2D eigenvalue weighted by Crippen LogP contribution is 2.18. The zero-order valence-electron chi connectivity index (χ0n) is 15.4. The molecule has 0 bridgehead atoms. The third-order valence-corrected chi connectivity index (χ3v) is 4.81. The van der Waals surface area contributed by atoms with Crippen LogP contribution in [0.2, 0.25) is 0 Å². The van der Waals surface area contributed by atoms with Crippen LogP contribution in [0.4, 0.5) is 4.79 Å². The Bertz CT molecular complexity index is 728. The van der Waals surface area contributed by atoms with Crippen molar-refractivity contribution in [2.45, 2.75) is 50.8 Å². The first-order valence-electron chi connectivity index (χ1n) is 9.52. The third kappa shape index (κ3) is 6.13. The van der Waals surface area contributed by atoms with E-state index in [-0.39, 0.29) is 18.6 Å². The lowest BCUT2D eigenvalue weighted by atomic mass is 10.0. The second-order valence-corrected chi connectivity index (χ2v) is 6.94. The quantitative estimate of drug-likeness (QED) is 0.787. The van der Waals surface area contributed by atoms with Crippen LogP contribution in [0.5, 0.6) is 0 Å². The van der Waals surface area contributed by atoms with Crippen LogP contribution in [0.15, 0.2) is 60.7 Å². The molecule has 0 radical (unpaired) electrons. The number of carbonyl (C=O) groups is 2. The lowest BCUT2D eigenvalue weighted by Gasteiger charge is -2.21. The Morgan fingerprint density at radius 2 is 1.52 bits per heavy atom. The van der Waals surface area contributed by atoms with E-state index in [0.717, 1.165) is 36.8 Å². The van der Waals surface area contributed by atoms with Gasteiger partial charge in [0.05, 0.1) is 0 Å². The summed E-state index contributed by atoms with van der Waals surface area (Å²) >= 11 is 0. The fourth-order valence-electron chi connectivity index (χ4n) is 3.34. The van der Waals surface area contributed by atoms with E-state index in [2.05, 4.69) is 10.6 Å². The summed E-state index contributed by atoms with van der Waals surface area (Å²) in [4.78, 5) is 25.0. The van der Waals surface area contributed by atoms with E-state index in [9.17, 15) is 9.59 Å². The Morgan fingerprint density at radius 1 is 0.926 bits per heavy atom. The minimum atomic E-state index is -0.656. The van der Waals surface area contributed by atoms with Gasteiger partial charge in [0.15, 0.2) is 0 Å². The van der Waals surface area contributed by atoms with Crippen LogP contribution < -0.4 is 10.6 Å². The lowest BCUT2D eigenvalue weighted by Crippen LogP contribution is -2.50. The molecule has 5 nitrogen and oxygen atoms in total. The molecule has 1 fully saturated rings. The van der Waals surface area contributed by atoms with Crippen molar-refractivity contribution in [3.05, 3.63) is 71.8 Å². The van der Waals surface area contributed by atoms with Gasteiger partial charge in [-0.25, -0.2) is 4.79 Å². The largest absolute Gasteiger partial charge is 0.445 e. The standard InChI is InChI=1S/C22H26N2O3/c25-21(23-19-13-7-8-14-19)20(15-17-9-3-1-4-10-17)24-22(26)27-16-18-11-5-2-6-12-18/h1-6,9-12,19-20H,7-8,13-16H2,(H,23,25)(H,24,26)/t20-/m1/s1. The summed E-state index contributed by atoms with van der Waals surface area (Å²) < 4.78 is 5.29. The Labute approximate surface area is 160 Å². The van der Waals surface area contributed by atoms with Gasteiger partial charge in [0.1, 0.15) is 12.6 Å². The van der Waals surface area contributed by atoms with Crippen molar-refractivity contribution in [1.29, 1.82) is 0 Å². The number of nitrogens with one attached hydrogen (secondary N) is 2. The normalized spacial score (nSPS) is 15.1. The summed E-state index contributed by atoms with van der Waals surface area (Å²) in [5, 5.41) is 5.81. The summed E-state index contributed by atoms with van der Waals surface area (Å²) in [5.41, 5.74) is 1.90. The van der Waals surface area contributed by atoms with Crippen LogP contribution in [0.25, 0.3) is 0 Å². The fourth-order valence-corrected chi connectivity index (χ4v) is 3.34. The van der Waals surface area contributed by atoms with Crippen molar-refractivity contribution >= 4 is 12.0 Å². The maximum absolute atomic E-state index is 12.7. The molecule has 1 saturated carbocycles. The van der Waals surface area contributed by atoms with Crippen molar-refractivity contribution < 1.29 is 14.3 Å². The molecule has 1 atom stereocenters. The van der Waals surface area contributed by atoms with Crippen molar-refractivity contribution in [2.75, 3.05) is 0 Å². The SMILES string of the molecule is O=C(N[C@H](Cc1ccccc1)C(=O)NC1CCCC1)OCc1ccccc1. The van der Waals surface area contributed by atoms with E-state index in [1.165, 1.54) is 0 Å². The van der Waals surface area contributed by atoms with Gasteiger partial charge in [-0.3, -0.25) is 4.79 Å². The van der Waals surface area contributed by atoms with E-state index in [1.807, 2.05) is 60.7 Å². The van der Waals surface area contributed by atoms with E-state index in [4.69, 9.17) is 4.74 Å². The van der Waals surface area contributed by atoms with Crippen LogP contribution in [-0.4, -0.2) is 24.1 Å². The molecule has 0 unspecified atom stereocenters. The van der Waals surface area contributed by atoms with Crippen molar-refractivity contribution in [2.24, 2.45) is 0 Å². The Balaban J connectivity index is 1.59. The maximum atomic E-state index is 12.7. The van der Waals surface area contributed by atoms with E-state index >= 15 is 0 Å². The molecule has 27 heavy (non-hydrogen) atoms. The molecule has 0 heterocycles. The molecule has 1 aliphatic carbocycles. The Kier molecular flexibility index (Phi) is 6.85. The van der Waals surface area contributed by atoms with Crippen molar-refractivity contribution in [3.8, 4) is 0 Å². The number of ether oxygens (including phenoxy) is 1. The molecule has 0 saturated heterocycles. The third-order valence-electron chi connectivity index (χ3n) is 4.81. The number of amides is 2. The van der Waals surface area contributed by atoms with E-state index in [0.29, 0.717) is 6.42 Å². The Hall–Kier alpha value is -2.82. The van der Waals surface area contributed by atoms with Crippen molar-refractivity contribution in [3.63, 3.8) is 0 Å². The van der Waals surface area contributed by atoms with Crippen LogP contribution in [0, 0.1) is 0 Å². The highest BCUT2D eigenvalue weighted by molar-refractivity contribution is 5.86. The molecule has 142 valence electrons. The first kappa shape index (κ1) is 19.0. The van der Waals surface area contributed by atoms with Gasteiger partial charge < -0.3 is 15.4 Å². The first-order valence-corrected chi connectivity index (χ1v) is 9.52. The zero-order valence-corrected chi connectivity index (χ0v) is 15.4. The zero-order chi connectivity index (χ0) is 18.9. The summed E-state index contributed by atoms with van der Waals surface area (Å²) in [7, 11) is 0. The number of hydrogen-bond acceptors (Lipinski definition) is 3. The molecule has 2 amide bonds. The minimum Gasteiger partial charge on any atom is -0.445 e. The molecular weight excluding hydrogens is 340 g/mol. The van der Waals surface area contributed by atoms with Crippen LogP contribution in [0.1, 0.15) is 36.8 Å². The van der Waals surface area contributed by atoms with E-state index < -0.39 is 12.1 Å². The fraction of sp³-hybridized carbons (Fsp3) is 0.364. The predicted octanol–water partition coefficient (Wildman–Crippen LogP) is 3.58. The summed E-state index contributed by atoms with van der Waals surface area (Å²) in [6.07, 6.45) is 4.13. The monoisotopic (exact) mass is 366 g/mol.